The number of carbonyl (C=O) groups excluding carboxylic acids is 1. The van der Waals surface area contributed by atoms with Crippen molar-refractivity contribution in [2.75, 3.05) is 34.4 Å². The third-order valence-electron chi connectivity index (χ3n) is 3.79. The maximum Gasteiger partial charge on any atom is 0.310 e. The van der Waals surface area contributed by atoms with Gasteiger partial charge in [-0.25, -0.2) is 0 Å². The molecule has 1 N–H and O–H groups in total. The minimum Gasteiger partial charge on any atom is -0.497 e. The van der Waals surface area contributed by atoms with Gasteiger partial charge in [-0.3, -0.25) is 4.79 Å². The summed E-state index contributed by atoms with van der Waals surface area (Å²) in [6.07, 6.45) is 0.885. The molecule has 0 amide bonds. The monoisotopic (exact) mass is 279 g/mol. The zero-order valence-corrected chi connectivity index (χ0v) is 12.1. The summed E-state index contributed by atoms with van der Waals surface area (Å²) in [5.41, 5.74) is 1.05. The number of piperidine rings is 1. The molecule has 0 aliphatic carbocycles. The summed E-state index contributed by atoms with van der Waals surface area (Å²) in [7, 11) is 4.68. The Balaban J connectivity index is 2.33. The minimum atomic E-state index is -0.177. The van der Waals surface area contributed by atoms with Gasteiger partial charge in [-0.15, -0.1) is 0 Å². The second-order valence-corrected chi connectivity index (χ2v) is 4.87. The first-order valence-corrected chi connectivity index (χ1v) is 6.71. The molecule has 1 saturated heterocycles. The highest BCUT2D eigenvalue weighted by atomic mass is 16.5. The van der Waals surface area contributed by atoms with E-state index in [4.69, 9.17) is 14.2 Å². The summed E-state index contributed by atoms with van der Waals surface area (Å²) in [5, 5.41) is 3.24. The molecular formula is C15H21NO4. The molecule has 2 atom stereocenters. The predicted octanol–water partition coefficient (Wildman–Crippen LogP) is 1.57. The Morgan fingerprint density at radius 1 is 1.15 bits per heavy atom. The van der Waals surface area contributed by atoms with Gasteiger partial charge in [0.1, 0.15) is 11.5 Å². The fraction of sp³-hybridized carbons (Fsp3) is 0.533. The Hall–Kier alpha value is -1.75. The standard InChI is InChI=1S/C15H21NO4/c1-18-11-6-10(7-12(8-11)19-2)13-4-5-16-9-14(13)15(17)20-3/h6-8,13-14,16H,4-5,9H2,1-3H3/t13-,14+/m0/s1. The number of nitrogens with one attached hydrogen (secondary N) is 1. The van der Waals surface area contributed by atoms with Crippen molar-refractivity contribution in [1.82, 2.24) is 5.32 Å². The molecule has 1 aliphatic heterocycles. The Morgan fingerprint density at radius 2 is 1.80 bits per heavy atom. The third kappa shape index (κ3) is 3.04. The van der Waals surface area contributed by atoms with Gasteiger partial charge in [0.05, 0.1) is 27.2 Å². The summed E-state index contributed by atoms with van der Waals surface area (Å²) in [6.45, 7) is 1.52. The molecule has 5 heteroatoms. The van der Waals surface area contributed by atoms with Gasteiger partial charge in [0.25, 0.3) is 0 Å². The third-order valence-corrected chi connectivity index (χ3v) is 3.79. The Bertz CT molecular complexity index is 453. The molecule has 5 nitrogen and oxygen atoms in total. The summed E-state index contributed by atoms with van der Waals surface area (Å²) in [4.78, 5) is 11.9. The van der Waals surface area contributed by atoms with Crippen LogP contribution in [0.25, 0.3) is 0 Å². The van der Waals surface area contributed by atoms with Gasteiger partial charge >= 0.3 is 5.97 Å². The van der Waals surface area contributed by atoms with E-state index in [1.165, 1.54) is 7.11 Å². The van der Waals surface area contributed by atoms with E-state index in [-0.39, 0.29) is 17.8 Å². The second kappa shape index (κ2) is 6.61. The van der Waals surface area contributed by atoms with Crippen LogP contribution in [0, 0.1) is 5.92 Å². The van der Waals surface area contributed by atoms with Crippen LogP contribution in [0.1, 0.15) is 17.9 Å². The van der Waals surface area contributed by atoms with E-state index >= 15 is 0 Å². The average Bonchev–Trinajstić information content (AvgIpc) is 2.53. The molecule has 1 aliphatic rings. The lowest BCUT2D eigenvalue weighted by Crippen LogP contribution is -2.40. The Kier molecular flexibility index (Phi) is 4.84. The number of carbonyl (C=O) groups is 1. The lowest BCUT2D eigenvalue weighted by atomic mass is 9.81. The average molecular weight is 279 g/mol. The quantitative estimate of drug-likeness (QED) is 0.848. The molecule has 1 aromatic rings. The van der Waals surface area contributed by atoms with Crippen molar-refractivity contribution in [3.05, 3.63) is 23.8 Å². The number of hydrogen-bond acceptors (Lipinski definition) is 5. The summed E-state index contributed by atoms with van der Waals surface area (Å²) in [5.74, 6) is 1.24. The number of ether oxygens (including phenoxy) is 3. The molecular weight excluding hydrogens is 258 g/mol. The van der Waals surface area contributed by atoms with Crippen molar-refractivity contribution in [3.8, 4) is 11.5 Å². The fourth-order valence-corrected chi connectivity index (χ4v) is 2.70. The van der Waals surface area contributed by atoms with E-state index in [0.717, 1.165) is 30.0 Å². The number of esters is 1. The van der Waals surface area contributed by atoms with E-state index in [1.807, 2.05) is 18.2 Å². The maximum atomic E-state index is 11.9. The maximum absolute atomic E-state index is 11.9. The Morgan fingerprint density at radius 3 is 2.35 bits per heavy atom. The van der Waals surface area contributed by atoms with Gasteiger partial charge in [0, 0.05) is 12.6 Å². The summed E-state index contributed by atoms with van der Waals surface area (Å²) >= 11 is 0. The number of rotatable bonds is 4. The van der Waals surface area contributed by atoms with Crippen LogP contribution in [-0.4, -0.2) is 40.4 Å². The van der Waals surface area contributed by atoms with Gasteiger partial charge in [-0.2, -0.15) is 0 Å². The minimum absolute atomic E-state index is 0.118. The van der Waals surface area contributed by atoms with Crippen molar-refractivity contribution in [3.63, 3.8) is 0 Å². The zero-order valence-electron chi connectivity index (χ0n) is 12.1. The number of hydrogen-bond donors (Lipinski definition) is 1. The Labute approximate surface area is 119 Å². The first-order valence-electron chi connectivity index (χ1n) is 6.71. The van der Waals surface area contributed by atoms with Crippen molar-refractivity contribution in [1.29, 1.82) is 0 Å². The van der Waals surface area contributed by atoms with Crippen LogP contribution < -0.4 is 14.8 Å². The van der Waals surface area contributed by atoms with Crippen LogP contribution in [0.3, 0.4) is 0 Å². The molecule has 20 heavy (non-hydrogen) atoms. The van der Waals surface area contributed by atoms with Crippen LogP contribution >= 0.6 is 0 Å². The highest BCUT2D eigenvalue weighted by molar-refractivity contribution is 5.74. The SMILES string of the molecule is COC(=O)[C@@H]1CNCC[C@H]1c1cc(OC)cc(OC)c1. The van der Waals surface area contributed by atoms with Crippen LogP contribution in [0.2, 0.25) is 0 Å². The lowest BCUT2D eigenvalue weighted by molar-refractivity contribution is -0.146. The van der Waals surface area contributed by atoms with E-state index in [1.54, 1.807) is 14.2 Å². The van der Waals surface area contributed by atoms with Crippen molar-refractivity contribution < 1.29 is 19.0 Å². The first-order chi connectivity index (χ1) is 9.69. The van der Waals surface area contributed by atoms with Gasteiger partial charge in [0.15, 0.2) is 0 Å². The molecule has 1 aromatic carbocycles. The topological polar surface area (TPSA) is 56.8 Å². The molecule has 0 aromatic heterocycles. The highest BCUT2D eigenvalue weighted by Crippen LogP contribution is 2.35. The molecule has 0 spiro atoms. The van der Waals surface area contributed by atoms with Gasteiger partial charge < -0.3 is 19.5 Å². The van der Waals surface area contributed by atoms with E-state index in [2.05, 4.69) is 5.32 Å². The van der Waals surface area contributed by atoms with E-state index < -0.39 is 0 Å². The number of methoxy groups -OCH3 is 3. The molecule has 0 radical (unpaired) electrons. The molecule has 1 heterocycles. The van der Waals surface area contributed by atoms with Crippen LogP contribution in [0.5, 0.6) is 11.5 Å². The number of benzene rings is 1. The molecule has 0 unspecified atom stereocenters. The molecule has 0 saturated carbocycles. The molecule has 1 fully saturated rings. The van der Waals surface area contributed by atoms with Crippen LogP contribution in [0.15, 0.2) is 18.2 Å². The molecule has 0 bridgehead atoms. The first kappa shape index (κ1) is 14.7. The largest absolute Gasteiger partial charge is 0.497 e. The normalized spacial score (nSPS) is 22.1. The van der Waals surface area contributed by atoms with Crippen molar-refractivity contribution in [2.24, 2.45) is 5.92 Å². The van der Waals surface area contributed by atoms with Crippen LogP contribution in [0.4, 0.5) is 0 Å². The lowest BCUT2D eigenvalue weighted by Gasteiger charge is -2.30. The molecule has 110 valence electrons. The van der Waals surface area contributed by atoms with Crippen LogP contribution in [-0.2, 0) is 9.53 Å². The van der Waals surface area contributed by atoms with Crippen molar-refractivity contribution >= 4 is 5.97 Å². The van der Waals surface area contributed by atoms with E-state index in [9.17, 15) is 4.79 Å². The predicted molar refractivity (Wildman–Crippen MR) is 75.3 cm³/mol. The smallest absolute Gasteiger partial charge is 0.310 e. The fourth-order valence-electron chi connectivity index (χ4n) is 2.70. The molecule has 2 rings (SSSR count). The van der Waals surface area contributed by atoms with Gasteiger partial charge in [0.2, 0.25) is 0 Å². The van der Waals surface area contributed by atoms with Gasteiger partial charge in [-0.1, -0.05) is 0 Å². The summed E-state index contributed by atoms with van der Waals surface area (Å²) in [6, 6.07) is 5.76. The van der Waals surface area contributed by atoms with E-state index in [0.29, 0.717) is 6.54 Å². The zero-order chi connectivity index (χ0) is 14.5. The van der Waals surface area contributed by atoms with Crippen molar-refractivity contribution in [2.45, 2.75) is 12.3 Å². The second-order valence-electron chi connectivity index (χ2n) is 4.87. The summed E-state index contributed by atoms with van der Waals surface area (Å²) < 4.78 is 15.5. The van der Waals surface area contributed by atoms with Gasteiger partial charge in [-0.05, 0) is 36.6 Å². The highest BCUT2D eigenvalue weighted by Gasteiger charge is 2.33.